The Labute approximate surface area is 110 Å². The summed E-state index contributed by atoms with van der Waals surface area (Å²) >= 11 is 0. The maximum atomic E-state index is 13.0. The Hall–Kier alpha value is -1.91. The maximum absolute atomic E-state index is 13.0. The normalized spacial score (nSPS) is 18.2. The lowest BCUT2D eigenvalue weighted by atomic mass is 10.1. The van der Waals surface area contributed by atoms with Crippen LogP contribution in [0.2, 0.25) is 0 Å². The number of rotatable bonds is 2. The van der Waals surface area contributed by atoms with Gasteiger partial charge in [-0.05, 0) is 18.9 Å². The van der Waals surface area contributed by atoms with E-state index in [1.807, 2.05) is 37.3 Å². The Balaban J connectivity index is 2.05. The van der Waals surface area contributed by atoms with Gasteiger partial charge in [0.05, 0.1) is 5.69 Å². The highest BCUT2D eigenvalue weighted by molar-refractivity contribution is 5.66. The van der Waals surface area contributed by atoms with Crippen LogP contribution in [0.15, 0.2) is 30.3 Å². The number of nitrogens with one attached hydrogen (secondary N) is 1. The van der Waals surface area contributed by atoms with Crippen molar-refractivity contribution in [2.75, 3.05) is 11.9 Å². The highest BCUT2D eigenvalue weighted by Crippen LogP contribution is 2.32. The fourth-order valence-corrected chi connectivity index (χ4v) is 2.47. The van der Waals surface area contributed by atoms with Gasteiger partial charge in [-0.15, -0.1) is 0 Å². The van der Waals surface area contributed by atoms with Crippen molar-refractivity contribution in [1.29, 1.82) is 0 Å². The highest BCUT2D eigenvalue weighted by atomic mass is 19.3. The van der Waals surface area contributed by atoms with Gasteiger partial charge in [-0.2, -0.15) is 5.10 Å². The summed E-state index contributed by atoms with van der Waals surface area (Å²) in [5, 5.41) is 7.48. The second kappa shape index (κ2) is 4.64. The van der Waals surface area contributed by atoms with E-state index < -0.39 is 12.5 Å². The van der Waals surface area contributed by atoms with Gasteiger partial charge in [0, 0.05) is 18.2 Å². The minimum atomic E-state index is -2.38. The maximum Gasteiger partial charge on any atom is 0.260 e. The van der Waals surface area contributed by atoms with E-state index >= 15 is 0 Å². The molecular formula is C14H15F2N3. The molecular weight excluding hydrogens is 248 g/mol. The van der Waals surface area contributed by atoms with E-state index in [1.54, 1.807) is 0 Å². The van der Waals surface area contributed by atoms with E-state index in [4.69, 9.17) is 0 Å². The van der Waals surface area contributed by atoms with Crippen molar-refractivity contribution in [3.8, 4) is 11.3 Å². The fraction of sp³-hybridized carbons (Fsp3) is 0.357. The van der Waals surface area contributed by atoms with Gasteiger partial charge >= 0.3 is 0 Å². The molecule has 1 aromatic heterocycles. The molecule has 1 aliphatic heterocycles. The second-order valence-corrected chi connectivity index (χ2v) is 4.79. The van der Waals surface area contributed by atoms with Crippen molar-refractivity contribution >= 4 is 5.82 Å². The van der Waals surface area contributed by atoms with Crippen LogP contribution in [-0.2, 0) is 0 Å². The van der Waals surface area contributed by atoms with Crippen molar-refractivity contribution in [3.63, 3.8) is 0 Å². The molecule has 1 aliphatic rings. The molecule has 19 heavy (non-hydrogen) atoms. The quantitative estimate of drug-likeness (QED) is 0.899. The molecule has 1 atom stereocenters. The van der Waals surface area contributed by atoms with Crippen molar-refractivity contribution in [2.45, 2.75) is 25.8 Å². The minimum Gasteiger partial charge on any atom is -0.370 e. The third-order valence-corrected chi connectivity index (χ3v) is 3.51. The van der Waals surface area contributed by atoms with Gasteiger partial charge < -0.3 is 5.32 Å². The third-order valence-electron chi connectivity index (χ3n) is 3.51. The van der Waals surface area contributed by atoms with Gasteiger partial charge in [0.2, 0.25) is 0 Å². The summed E-state index contributed by atoms with van der Waals surface area (Å²) in [7, 11) is 0. The van der Waals surface area contributed by atoms with Crippen LogP contribution >= 0.6 is 0 Å². The van der Waals surface area contributed by atoms with Crippen molar-refractivity contribution < 1.29 is 8.78 Å². The van der Waals surface area contributed by atoms with Gasteiger partial charge in [-0.25, -0.2) is 13.5 Å². The molecule has 2 heterocycles. The molecule has 5 heteroatoms. The summed E-state index contributed by atoms with van der Waals surface area (Å²) in [6.07, 6.45) is -1.98. The first kappa shape index (κ1) is 12.1. The molecule has 0 saturated heterocycles. The largest absolute Gasteiger partial charge is 0.370 e. The van der Waals surface area contributed by atoms with E-state index in [0.717, 1.165) is 16.8 Å². The summed E-state index contributed by atoms with van der Waals surface area (Å²) in [5.74, 6) is 0.676. The smallest absolute Gasteiger partial charge is 0.260 e. The number of benzene rings is 1. The van der Waals surface area contributed by atoms with Crippen molar-refractivity contribution in [3.05, 3.63) is 35.9 Å². The van der Waals surface area contributed by atoms with Crippen LogP contribution < -0.4 is 5.32 Å². The summed E-state index contributed by atoms with van der Waals surface area (Å²) in [4.78, 5) is 0. The molecule has 0 saturated carbocycles. The topological polar surface area (TPSA) is 29.9 Å². The van der Waals surface area contributed by atoms with E-state index in [9.17, 15) is 8.78 Å². The van der Waals surface area contributed by atoms with Crippen LogP contribution in [0.3, 0.4) is 0 Å². The van der Waals surface area contributed by atoms with Gasteiger partial charge in [0.1, 0.15) is 11.9 Å². The number of aryl methyl sites for hydroxylation is 1. The molecule has 100 valence electrons. The molecule has 1 unspecified atom stereocenters. The Bertz CT molecular complexity index is 592. The van der Waals surface area contributed by atoms with E-state index in [0.29, 0.717) is 18.8 Å². The molecule has 3 rings (SSSR count). The number of anilines is 1. The molecule has 0 spiro atoms. The molecule has 0 amide bonds. The Morgan fingerprint density at radius 1 is 1.37 bits per heavy atom. The lowest BCUT2D eigenvalue weighted by Gasteiger charge is -2.24. The first-order chi connectivity index (χ1) is 9.16. The van der Waals surface area contributed by atoms with Crippen molar-refractivity contribution in [2.24, 2.45) is 0 Å². The molecule has 2 aromatic rings. The second-order valence-electron chi connectivity index (χ2n) is 4.79. The standard InChI is InChI=1S/C14H15F2N3/c1-9-4-2-3-5-10(9)11-8-13-17-7-6-12(14(15)16)19(13)18-11/h2-5,8,12,14,17H,6-7H2,1H3. The fourth-order valence-electron chi connectivity index (χ4n) is 2.47. The van der Waals surface area contributed by atoms with Crippen LogP contribution in [0.1, 0.15) is 18.0 Å². The Morgan fingerprint density at radius 2 is 2.16 bits per heavy atom. The van der Waals surface area contributed by atoms with Crippen LogP contribution in [0.4, 0.5) is 14.6 Å². The third kappa shape index (κ3) is 2.09. The zero-order chi connectivity index (χ0) is 13.4. The first-order valence-corrected chi connectivity index (χ1v) is 6.34. The predicted octanol–water partition coefficient (Wildman–Crippen LogP) is 3.48. The van der Waals surface area contributed by atoms with Crippen LogP contribution in [-0.4, -0.2) is 22.8 Å². The van der Waals surface area contributed by atoms with E-state index in [2.05, 4.69) is 10.4 Å². The highest BCUT2D eigenvalue weighted by Gasteiger charge is 2.29. The Kier molecular flexibility index (Phi) is 2.97. The van der Waals surface area contributed by atoms with Crippen LogP contribution in [0.5, 0.6) is 0 Å². The van der Waals surface area contributed by atoms with Gasteiger partial charge in [0.25, 0.3) is 6.43 Å². The number of fused-ring (bicyclic) bond motifs is 1. The number of nitrogens with zero attached hydrogens (tertiary/aromatic N) is 2. The number of hydrogen-bond acceptors (Lipinski definition) is 2. The minimum absolute atomic E-state index is 0.402. The first-order valence-electron chi connectivity index (χ1n) is 6.34. The van der Waals surface area contributed by atoms with Gasteiger partial charge in [0.15, 0.2) is 0 Å². The van der Waals surface area contributed by atoms with Gasteiger partial charge in [-0.3, -0.25) is 0 Å². The molecule has 3 nitrogen and oxygen atoms in total. The molecule has 1 N–H and O–H groups in total. The molecule has 1 aromatic carbocycles. The zero-order valence-corrected chi connectivity index (χ0v) is 10.6. The average molecular weight is 263 g/mol. The van der Waals surface area contributed by atoms with E-state index in [1.165, 1.54) is 4.68 Å². The summed E-state index contributed by atoms with van der Waals surface area (Å²) in [6.45, 7) is 2.56. The van der Waals surface area contributed by atoms with E-state index in [-0.39, 0.29) is 0 Å². The lowest BCUT2D eigenvalue weighted by Crippen LogP contribution is -2.28. The average Bonchev–Trinajstić information content (AvgIpc) is 2.82. The molecule has 0 fully saturated rings. The monoisotopic (exact) mass is 263 g/mol. The number of halogens is 2. The number of alkyl halides is 2. The van der Waals surface area contributed by atoms with Gasteiger partial charge in [-0.1, -0.05) is 24.3 Å². The molecule has 0 radical (unpaired) electrons. The summed E-state index contributed by atoms with van der Waals surface area (Å²) in [5.41, 5.74) is 2.82. The molecule has 0 aliphatic carbocycles. The van der Waals surface area contributed by atoms with Crippen LogP contribution in [0, 0.1) is 6.92 Å². The molecule has 0 bridgehead atoms. The number of hydrogen-bond donors (Lipinski definition) is 1. The van der Waals surface area contributed by atoms with Crippen LogP contribution in [0.25, 0.3) is 11.3 Å². The summed E-state index contributed by atoms with van der Waals surface area (Å²) < 4.78 is 27.4. The number of aromatic nitrogens is 2. The SMILES string of the molecule is Cc1ccccc1-c1cc2n(n1)C(C(F)F)CCN2. The predicted molar refractivity (Wildman–Crippen MR) is 70.5 cm³/mol. The lowest BCUT2D eigenvalue weighted by molar-refractivity contribution is 0.0716. The zero-order valence-electron chi connectivity index (χ0n) is 10.6. The Morgan fingerprint density at radius 3 is 2.89 bits per heavy atom. The van der Waals surface area contributed by atoms with Crippen molar-refractivity contribution in [1.82, 2.24) is 9.78 Å². The summed E-state index contributed by atoms with van der Waals surface area (Å²) in [6, 6.07) is 8.85.